The molecular weight excluding hydrogens is 326 g/mol. The third-order valence-corrected chi connectivity index (χ3v) is 3.90. The molecule has 6 heteroatoms. The summed E-state index contributed by atoms with van der Waals surface area (Å²) in [5.74, 6) is 0.708. The Morgan fingerprint density at radius 1 is 1.00 bits per heavy atom. The molecule has 0 aliphatic heterocycles. The van der Waals surface area contributed by atoms with Crippen LogP contribution in [0, 0.1) is 0 Å². The minimum absolute atomic E-state index is 0.267. The summed E-state index contributed by atoms with van der Waals surface area (Å²) in [4.78, 5) is 16.3. The third-order valence-electron chi connectivity index (χ3n) is 3.90. The van der Waals surface area contributed by atoms with Crippen molar-refractivity contribution in [3.63, 3.8) is 0 Å². The van der Waals surface area contributed by atoms with Gasteiger partial charge in [-0.05, 0) is 41.8 Å². The van der Waals surface area contributed by atoms with Gasteiger partial charge in [0.2, 0.25) is 0 Å². The lowest BCUT2D eigenvalue weighted by Crippen LogP contribution is -2.24. The highest BCUT2D eigenvalue weighted by atomic mass is 16.1. The molecule has 0 fully saturated rings. The van der Waals surface area contributed by atoms with Crippen molar-refractivity contribution in [2.75, 3.05) is 5.32 Å². The van der Waals surface area contributed by atoms with Crippen LogP contribution in [-0.4, -0.2) is 21.1 Å². The fraction of sp³-hybridized carbons (Fsp3) is 0.200. The maximum absolute atomic E-state index is 12.2. The Labute approximate surface area is 152 Å². The number of pyridine rings is 1. The number of carbonyl (C=O) groups is 1. The van der Waals surface area contributed by atoms with Gasteiger partial charge in [-0.2, -0.15) is 0 Å². The van der Waals surface area contributed by atoms with E-state index < -0.39 is 0 Å². The van der Waals surface area contributed by atoms with Gasteiger partial charge in [0.1, 0.15) is 0 Å². The van der Waals surface area contributed by atoms with Crippen molar-refractivity contribution in [2.45, 2.75) is 26.3 Å². The molecule has 0 aliphatic rings. The van der Waals surface area contributed by atoms with E-state index >= 15 is 0 Å². The van der Waals surface area contributed by atoms with Crippen molar-refractivity contribution in [2.24, 2.45) is 0 Å². The molecule has 0 radical (unpaired) electrons. The molecule has 1 amide bonds. The van der Waals surface area contributed by atoms with Crippen LogP contribution in [0.3, 0.4) is 0 Å². The number of nitrogens with one attached hydrogen (secondary N) is 2. The SMILES string of the molecule is CC(C)c1ccccc1Nc1ccc(C(=O)NCc2ccccn2)nn1. The normalized spacial score (nSPS) is 10.6. The van der Waals surface area contributed by atoms with E-state index in [2.05, 4.69) is 45.7 Å². The first-order chi connectivity index (χ1) is 12.6. The molecular formula is C20H21N5O. The van der Waals surface area contributed by atoms with Gasteiger partial charge in [-0.1, -0.05) is 38.1 Å². The molecule has 6 nitrogen and oxygen atoms in total. The zero-order valence-corrected chi connectivity index (χ0v) is 14.8. The Kier molecular flexibility index (Phi) is 5.53. The highest BCUT2D eigenvalue weighted by Crippen LogP contribution is 2.25. The van der Waals surface area contributed by atoms with Gasteiger partial charge in [-0.15, -0.1) is 10.2 Å². The Balaban J connectivity index is 1.64. The Morgan fingerprint density at radius 3 is 2.50 bits per heavy atom. The topological polar surface area (TPSA) is 79.8 Å². The lowest BCUT2D eigenvalue weighted by atomic mass is 10.0. The van der Waals surface area contributed by atoms with E-state index in [1.807, 2.05) is 36.4 Å². The second kappa shape index (κ2) is 8.20. The Bertz CT molecular complexity index is 863. The first-order valence-electron chi connectivity index (χ1n) is 8.51. The molecule has 1 aromatic carbocycles. The van der Waals surface area contributed by atoms with E-state index in [0.717, 1.165) is 11.4 Å². The molecule has 3 aromatic rings. The van der Waals surface area contributed by atoms with Gasteiger partial charge >= 0.3 is 0 Å². The van der Waals surface area contributed by atoms with Gasteiger partial charge in [0, 0.05) is 11.9 Å². The Hall–Kier alpha value is -3.28. The van der Waals surface area contributed by atoms with Crippen molar-refractivity contribution >= 4 is 17.4 Å². The summed E-state index contributed by atoms with van der Waals surface area (Å²) in [6.07, 6.45) is 1.69. The van der Waals surface area contributed by atoms with Crippen LogP contribution in [0.1, 0.15) is 41.5 Å². The molecule has 0 unspecified atom stereocenters. The number of hydrogen-bond acceptors (Lipinski definition) is 5. The van der Waals surface area contributed by atoms with Crippen molar-refractivity contribution in [1.29, 1.82) is 0 Å². The molecule has 0 atom stereocenters. The van der Waals surface area contributed by atoms with E-state index in [9.17, 15) is 4.79 Å². The number of benzene rings is 1. The average molecular weight is 347 g/mol. The van der Waals surface area contributed by atoms with E-state index in [0.29, 0.717) is 18.3 Å². The molecule has 0 saturated carbocycles. The molecule has 2 N–H and O–H groups in total. The predicted molar refractivity (Wildman–Crippen MR) is 101 cm³/mol. The zero-order chi connectivity index (χ0) is 18.4. The highest BCUT2D eigenvalue weighted by molar-refractivity contribution is 5.92. The second-order valence-electron chi connectivity index (χ2n) is 6.17. The first kappa shape index (κ1) is 17.5. The molecule has 26 heavy (non-hydrogen) atoms. The molecule has 3 rings (SSSR count). The van der Waals surface area contributed by atoms with Crippen LogP contribution in [0.2, 0.25) is 0 Å². The van der Waals surface area contributed by atoms with Gasteiger partial charge < -0.3 is 10.6 Å². The summed E-state index contributed by atoms with van der Waals surface area (Å²) in [6, 6.07) is 17.0. The molecule has 2 aromatic heterocycles. The maximum atomic E-state index is 12.2. The number of hydrogen-bond donors (Lipinski definition) is 2. The van der Waals surface area contributed by atoms with Crippen LogP contribution in [0.15, 0.2) is 60.8 Å². The van der Waals surface area contributed by atoms with Crippen LogP contribution >= 0.6 is 0 Å². The van der Waals surface area contributed by atoms with Crippen LogP contribution in [0.4, 0.5) is 11.5 Å². The molecule has 0 aliphatic carbocycles. The number of amides is 1. The molecule has 0 saturated heterocycles. The van der Waals surface area contributed by atoms with Gasteiger partial charge in [-0.25, -0.2) is 0 Å². The summed E-state index contributed by atoms with van der Waals surface area (Å²) < 4.78 is 0. The predicted octanol–water partition coefficient (Wildman–Crippen LogP) is 3.67. The minimum Gasteiger partial charge on any atom is -0.345 e. The molecule has 132 valence electrons. The van der Waals surface area contributed by atoms with Gasteiger partial charge in [0.05, 0.1) is 12.2 Å². The number of para-hydroxylation sites is 1. The van der Waals surface area contributed by atoms with Crippen LogP contribution in [-0.2, 0) is 6.54 Å². The van der Waals surface area contributed by atoms with Crippen LogP contribution < -0.4 is 10.6 Å². The third kappa shape index (κ3) is 4.42. The first-order valence-corrected chi connectivity index (χ1v) is 8.51. The van der Waals surface area contributed by atoms with Gasteiger partial charge in [0.25, 0.3) is 5.91 Å². The molecule has 2 heterocycles. The van der Waals surface area contributed by atoms with Crippen molar-refractivity contribution in [3.05, 3.63) is 77.7 Å². The zero-order valence-electron chi connectivity index (χ0n) is 14.8. The molecule has 0 spiro atoms. The smallest absolute Gasteiger partial charge is 0.272 e. The fourth-order valence-corrected chi connectivity index (χ4v) is 2.54. The lowest BCUT2D eigenvalue weighted by molar-refractivity contribution is 0.0944. The van der Waals surface area contributed by atoms with Crippen LogP contribution in [0.5, 0.6) is 0 Å². The summed E-state index contributed by atoms with van der Waals surface area (Å²) in [6.45, 7) is 4.63. The number of aromatic nitrogens is 3. The lowest BCUT2D eigenvalue weighted by Gasteiger charge is -2.13. The average Bonchev–Trinajstić information content (AvgIpc) is 2.68. The van der Waals surface area contributed by atoms with E-state index in [1.54, 1.807) is 18.3 Å². The number of carbonyl (C=O) groups excluding carboxylic acids is 1. The maximum Gasteiger partial charge on any atom is 0.272 e. The highest BCUT2D eigenvalue weighted by Gasteiger charge is 2.10. The van der Waals surface area contributed by atoms with Crippen LogP contribution in [0.25, 0.3) is 0 Å². The summed E-state index contributed by atoms with van der Waals surface area (Å²) in [5, 5.41) is 14.2. The second-order valence-corrected chi connectivity index (χ2v) is 6.17. The largest absolute Gasteiger partial charge is 0.345 e. The number of rotatable bonds is 6. The van der Waals surface area contributed by atoms with Crippen molar-refractivity contribution in [1.82, 2.24) is 20.5 Å². The fourth-order valence-electron chi connectivity index (χ4n) is 2.54. The van der Waals surface area contributed by atoms with Gasteiger partial charge in [-0.3, -0.25) is 9.78 Å². The summed E-state index contributed by atoms with van der Waals surface area (Å²) in [7, 11) is 0. The van der Waals surface area contributed by atoms with Crippen molar-refractivity contribution in [3.8, 4) is 0 Å². The molecule has 0 bridgehead atoms. The standard InChI is InChI=1S/C20H21N5O/c1-14(2)16-8-3-4-9-17(16)23-19-11-10-18(24-25-19)20(26)22-13-15-7-5-6-12-21-15/h3-12,14H,13H2,1-2H3,(H,22,26)(H,23,25). The quantitative estimate of drug-likeness (QED) is 0.711. The summed E-state index contributed by atoms with van der Waals surface area (Å²) >= 11 is 0. The monoisotopic (exact) mass is 347 g/mol. The van der Waals surface area contributed by atoms with Crippen molar-refractivity contribution < 1.29 is 4.79 Å². The van der Waals surface area contributed by atoms with E-state index in [4.69, 9.17) is 0 Å². The van der Waals surface area contributed by atoms with E-state index in [-0.39, 0.29) is 11.6 Å². The van der Waals surface area contributed by atoms with Gasteiger partial charge in [0.15, 0.2) is 11.5 Å². The summed E-state index contributed by atoms with van der Waals surface area (Å²) in [5.41, 5.74) is 3.25. The minimum atomic E-state index is -0.280. The van der Waals surface area contributed by atoms with E-state index in [1.165, 1.54) is 5.56 Å². The number of anilines is 2. The Morgan fingerprint density at radius 2 is 1.81 bits per heavy atom. The number of nitrogens with zero attached hydrogens (tertiary/aromatic N) is 3.